The number of rotatable bonds is 4. The molecule has 1 heterocycles. The third-order valence-electron chi connectivity index (χ3n) is 2.89. The van der Waals surface area contributed by atoms with Gasteiger partial charge in [0.15, 0.2) is 0 Å². The molecule has 0 amide bonds. The number of nitrogens with one attached hydrogen (secondary N) is 1. The van der Waals surface area contributed by atoms with E-state index in [1.54, 1.807) is 24.4 Å². The van der Waals surface area contributed by atoms with E-state index in [1.807, 2.05) is 38.1 Å². The summed E-state index contributed by atoms with van der Waals surface area (Å²) in [6, 6.07) is 6.77. The maximum Gasteiger partial charge on any atom is 0.138 e. The fraction of sp³-hybridized carbons (Fsp3) is 0.133. The Morgan fingerprint density at radius 1 is 1.35 bits per heavy atom. The molecule has 0 aliphatic carbocycles. The molecule has 2 N–H and O–H groups in total. The lowest BCUT2D eigenvalue weighted by Gasteiger charge is -2.22. The zero-order valence-electron chi connectivity index (χ0n) is 11.4. The normalized spacial score (nSPS) is 12.1. The summed E-state index contributed by atoms with van der Waals surface area (Å²) in [5, 5.41) is 24.7. The van der Waals surface area contributed by atoms with Gasteiger partial charge in [-0.3, -0.25) is 5.21 Å². The first-order valence-corrected chi connectivity index (χ1v) is 6.26. The molecule has 2 aromatic rings. The lowest BCUT2D eigenvalue weighted by atomic mass is 10.1. The fourth-order valence-electron chi connectivity index (χ4n) is 1.90. The Bertz CT molecular complexity index is 663. The summed E-state index contributed by atoms with van der Waals surface area (Å²) in [6.45, 7) is 3.85. The summed E-state index contributed by atoms with van der Waals surface area (Å²) < 4.78 is 0. The largest absolute Gasteiger partial charge is 0.733 e. The van der Waals surface area contributed by atoms with Crippen LogP contribution in [0.4, 0.5) is 11.5 Å². The summed E-state index contributed by atoms with van der Waals surface area (Å²) in [6.07, 6.45) is 7.47. The van der Waals surface area contributed by atoms with Crippen LogP contribution < -0.4 is 10.5 Å². The number of aromatic nitrogens is 1. The van der Waals surface area contributed by atoms with Crippen LogP contribution in [0.15, 0.2) is 54.4 Å². The predicted molar refractivity (Wildman–Crippen MR) is 81.6 cm³/mol. The molecule has 0 saturated carbocycles. The van der Waals surface area contributed by atoms with Gasteiger partial charge in [-0.25, -0.2) is 4.98 Å². The summed E-state index contributed by atoms with van der Waals surface area (Å²) in [7, 11) is 0. The third kappa shape index (κ3) is 2.96. The molecule has 104 valence electrons. The summed E-state index contributed by atoms with van der Waals surface area (Å²) >= 11 is 0. The molecular formula is C15H16N3O2-. The molecule has 2 rings (SSSR count). The standard InChI is InChI=1S/C15H16N3O2/c1-3-5-12(4-2)17-15-14-10-13(18(19)20)7-6-11(14)8-9-16-15/h3-10,19H,1-2H3,(H,16,17)/q-1/b5-3-,12-4+. The molecule has 0 spiro atoms. The molecule has 0 unspecified atom stereocenters. The summed E-state index contributed by atoms with van der Waals surface area (Å²) in [4.78, 5) is 4.29. The van der Waals surface area contributed by atoms with E-state index in [4.69, 9.17) is 5.21 Å². The average molecular weight is 270 g/mol. The lowest BCUT2D eigenvalue weighted by molar-refractivity contribution is 0.296. The van der Waals surface area contributed by atoms with Crippen LogP contribution in [0.2, 0.25) is 0 Å². The minimum absolute atomic E-state index is 0.154. The van der Waals surface area contributed by atoms with Crippen molar-refractivity contribution < 1.29 is 5.21 Å². The van der Waals surface area contributed by atoms with Crippen molar-refractivity contribution in [3.05, 3.63) is 59.6 Å². The van der Waals surface area contributed by atoms with Crippen molar-refractivity contribution >= 4 is 22.3 Å². The Labute approximate surface area is 117 Å². The first kappa shape index (κ1) is 14.0. The minimum atomic E-state index is -0.154. The SMILES string of the molecule is C/C=C\C(=C/C)Nc1nccc2ccc(N([O-])O)cc12. The van der Waals surface area contributed by atoms with Crippen molar-refractivity contribution in [2.75, 3.05) is 10.5 Å². The van der Waals surface area contributed by atoms with E-state index in [-0.39, 0.29) is 10.9 Å². The molecule has 0 aliphatic heterocycles. The van der Waals surface area contributed by atoms with Crippen LogP contribution in [0.25, 0.3) is 10.8 Å². The van der Waals surface area contributed by atoms with Gasteiger partial charge in [-0.1, -0.05) is 18.2 Å². The van der Waals surface area contributed by atoms with Crippen LogP contribution in [0, 0.1) is 5.21 Å². The average Bonchev–Trinajstić information content (AvgIpc) is 2.46. The molecule has 0 radical (unpaired) electrons. The maximum atomic E-state index is 11.0. The first-order valence-electron chi connectivity index (χ1n) is 6.26. The Balaban J connectivity index is 2.49. The zero-order valence-corrected chi connectivity index (χ0v) is 11.4. The number of nitrogens with zero attached hydrogens (tertiary/aromatic N) is 2. The molecule has 20 heavy (non-hydrogen) atoms. The van der Waals surface area contributed by atoms with Crippen LogP contribution in [0.1, 0.15) is 13.8 Å². The van der Waals surface area contributed by atoms with Crippen molar-refractivity contribution in [1.29, 1.82) is 0 Å². The van der Waals surface area contributed by atoms with Crippen LogP contribution in [-0.2, 0) is 0 Å². The molecule has 0 fully saturated rings. The van der Waals surface area contributed by atoms with E-state index < -0.39 is 0 Å². The van der Waals surface area contributed by atoms with Gasteiger partial charge >= 0.3 is 0 Å². The molecule has 0 aliphatic rings. The Hall–Kier alpha value is -2.37. The number of hydrogen-bond donors (Lipinski definition) is 2. The second kappa shape index (κ2) is 6.18. The van der Waals surface area contributed by atoms with Gasteiger partial charge in [0.05, 0.1) is 5.69 Å². The van der Waals surface area contributed by atoms with E-state index >= 15 is 0 Å². The second-order valence-electron chi connectivity index (χ2n) is 4.21. The van der Waals surface area contributed by atoms with Crippen LogP contribution in [0.5, 0.6) is 0 Å². The van der Waals surface area contributed by atoms with E-state index in [2.05, 4.69) is 10.3 Å². The van der Waals surface area contributed by atoms with Crippen LogP contribution >= 0.6 is 0 Å². The molecule has 1 aromatic carbocycles. The second-order valence-corrected chi connectivity index (χ2v) is 4.21. The van der Waals surface area contributed by atoms with Crippen molar-refractivity contribution in [2.45, 2.75) is 13.8 Å². The molecule has 1 aromatic heterocycles. The van der Waals surface area contributed by atoms with Gasteiger partial charge in [-0.05, 0) is 43.5 Å². The smallest absolute Gasteiger partial charge is 0.138 e. The highest BCUT2D eigenvalue weighted by Crippen LogP contribution is 2.26. The van der Waals surface area contributed by atoms with Gasteiger partial charge in [-0.15, -0.1) is 0 Å². The zero-order chi connectivity index (χ0) is 14.5. The monoisotopic (exact) mass is 270 g/mol. The molecule has 0 saturated heterocycles. The van der Waals surface area contributed by atoms with E-state index in [9.17, 15) is 5.21 Å². The predicted octanol–water partition coefficient (Wildman–Crippen LogP) is 3.82. The number of benzene rings is 1. The van der Waals surface area contributed by atoms with Crippen molar-refractivity contribution in [3.63, 3.8) is 0 Å². The highest BCUT2D eigenvalue weighted by molar-refractivity contribution is 5.94. The van der Waals surface area contributed by atoms with Crippen molar-refractivity contribution in [3.8, 4) is 0 Å². The molecular weight excluding hydrogens is 254 g/mol. The van der Waals surface area contributed by atoms with Crippen LogP contribution in [0.3, 0.4) is 0 Å². The fourth-order valence-corrected chi connectivity index (χ4v) is 1.90. The lowest BCUT2D eigenvalue weighted by Crippen LogP contribution is -2.07. The number of allylic oxidation sites excluding steroid dienone is 3. The minimum Gasteiger partial charge on any atom is -0.733 e. The van der Waals surface area contributed by atoms with Crippen LogP contribution in [-0.4, -0.2) is 10.2 Å². The maximum absolute atomic E-state index is 11.0. The van der Waals surface area contributed by atoms with E-state index in [0.29, 0.717) is 5.82 Å². The topological polar surface area (TPSA) is 71.5 Å². The highest BCUT2D eigenvalue weighted by atomic mass is 16.8. The Morgan fingerprint density at radius 2 is 2.15 bits per heavy atom. The molecule has 5 heteroatoms. The summed E-state index contributed by atoms with van der Waals surface area (Å²) in [5.41, 5.74) is 1.07. The van der Waals surface area contributed by atoms with Gasteiger partial charge in [-0.2, -0.15) is 0 Å². The summed E-state index contributed by atoms with van der Waals surface area (Å²) in [5.74, 6) is 0.636. The Kier molecular flexibility index (Phi) is 4.34. The number of anilines is 2. The van der Waals surface area contributed by atoms with Crippen molar-refractivity contribution in [2.24, 2.45) is 0 Å². The Morgan fingerprint density at radius 3 is 2.80 bits per heavy atom. The number of fused-ring (bicyclic) bond motifs is 1. The quantitative estimate of drug-likeness (QED) is 0.652. The van der Waals surface area contributed by atoms with Gasteiger partial charge in [0.1, 0.15) is 5.82 Å². The third-order valence-corrected chi connectivity index (χ3v) is 2.89. The number of pyridine rings is 1. The van der Waals surface area contributed by atoms with Gasteiger partial charge < -0.3 is 15.8 Å². The number of hydrogen-bond acceptors (Lipinski definition) is 5. The molecule has 0 atom stereocenters. The van der Waals surface area contributed by atoms with E-state index in [0.717, 1.165) is 16.5 Å². The van der Waals surface area contributed by atoms with Gasteiger partial charge in [0.2, 0.25) is 0 Å². The van der Waals surface area contributed by atoms with Gasteiger partial charge in [0, 0.05) is 17.3 Å². The van der Waals surface area contributed by atoms with Gasteiger partial charge in [0.25, 0.3) is 0 Å². The highest BCUT2D eigenvalue weighted by Gasteiger charge is 2.04. The molecule has 5 nitrogen and oxygen atoms in total. The first-order chi connectivity index (χ1) is 9.65. The van der Waals surface area contributed by atoms with E-state index in [1.165, 1.54) is 0 Å². The molecule has 0 bridgehead atoms. The van der Waals surface area contributed by atoms with Crippen molar-refractivity contribution in [1.82, 2.24) is 4.98 Å².